The number of carbonyl (C=O) groups excluding carboxylic acids is 1. The molecule has 0 fully saturated rings. The first kappa shape index (κ1) is 13.5. The quantitative estimate of drug-likeness (QED) is 0.592. The van der Waals surface area contributed by atoms with Crippen LogP contribution < -0.4 is 0 Å². The third-order valence-electron chi connectivity index (χ3n) is 3.11. The average Bonchev–Trinajstić information content (AvgIpc) is 2.84. The molecule has 0 saturated heterocycles. The van der Waals surface area contributed by atoms with Crippen molar-refractivity contribution in [3.05, 3.63) is 69.3 Å². The molecule has 4 heteroatoms. The maximum Gasteiger partial charge on any atom is 0.168 e. The summed E-state index contributed by atoms with van der Waals surface area (Å²) >= 11 is 5.03. The van der Waals surface area contributed by atoms with Crippen molar-refractivity contribution in [1.29, 1.82) is 0 Å². The van der Waals surface area contributed by atoms with Crippen molar-refractivity contribution in [1.82, 2.24) is 0 Å². The summed E-state index contributed by atoms with van der Waals surface area (Å²) in [5, 5.41) is 2.82. The minimum Gasteiger partial charge on any atom is -0.294 e. The van der Waals surface area contributed by atoms with E-state index in [2.05, 4.69) is 15.9 Å². The Hall–Kier alpha value is -1.52. The summed E-state index contributed by atoms with van der Waals surface area (Å²) in [5.41, 5.74) is 1.40. The van der Waals surface area contributed by atoms with Gasteiger partial charge in [-0.05, 0) is 39.7 Å². The fourth-order valence-corrected chi connectivity index (χ4v) is 3.79. The lowest BCUT2D eigenvalue weighted by Gasteiger charge is -2.01. The van der Waals surface area contributed by atoms with E-state index in [1.54, 1.807) is 23.5 Å². The number of thiophene rings is 1. The zero-order chi connectivity index (χ0) is 14.1. The van der Waals surface area contributed by atoms with Crippen LogP contribution in [0.1, 0.15) is 15.9 Å². The van der Waals surface area contributed by atoms with Crippen molar-refractivity contribution in [3.8, 4) is 0 Å². The molecule has 2 aromatic carbocycles. The van der Waals surface area contributed by atoms with Crippen LogP contribution in [0.25, 0.3) is 10.1 Å². The van der Waals surface area contributed by atoms with Gasteiger partial charge < -0.3 is 0 Å². The third kappa shape index (κ3) is 2.53. The molecule has 100 valence electrons. The number of hydrogen-bond donors (Lipinski definition) is 0. The molecule has 0 aliphatic carbocycles. The van der Waals surface area contributed by atoms with E-state index in [4.69, 9.17) is 0 Å². The van der Waals surface area contributed by atoms with Gasteiger partial charge in [-0.1, -0.05) is 24.3 Å². The predicted octanol–water partition coefficient (Wildman–Crippen LogP) is 5.23. The van der Waals surface area contributed by atoms with Crippen molar-refractivity contribution in [2.45, 2.75) is 6.42 Å². The Morgan fingerprint density at radius 3 is 2.80 bits per heavy atom. The molecule has 20 heavy (non-hydrogen) atoms. The Morgan fingerprint density at radius 2 is 2.00 bits per heavy atom. The third-order valence-corrected chi connectivity index (χ3v) is 5.06. The lowest BCUT2D eigenvalue weighted by Crippen LogP contribution is -2.02. The lowest BCUT2D eigenvalue weighted by atomic mass is 10.0. The Labute approximate surface area is 128 Å². The van der Waals surface area contributed by atoms with Gasteiger partial charge in [0.25, 0.3) is 0 Å². The number of benzene rings is 2. The van der Waals surface area contributed by atoms with E-state index in [9.17, 15) is 9.18 Å². The Kier molecular flexibility index (Phi) is 3.68. The zero-order valence-electron chi connectivity index (χ0n) is 10.4. The van der Waals surface area contributed by atoms with Crippen molar-refractivity contribution >= 4 is 43.1 Å². The van der Waals surface area contributed by atoms with E-state index >= 15 is 0 Å². The van der Waals surface area contributed by atoms with E-state index in [1.807, 2.05) is 23.6 Å². The van der Waals surface area contributed by atoms with Crippen molar-refractivity contribution in [3.63, 3.8) is 0 Å². The van der Waals surface area contributed by atoms with Gasteiger partial charge in [0.15, 0.2) is 5.78 Å². The predicted molar refractivity (Wildman–Crippen MR) is 84.0 cm³/mol. The number of hydrogen-bond acceptors (Lipinski definition) is 2. The number of halogens is 2. The minimum atomic E-state index is -0.312. The van der Waals surface area contributed by atoms with E-state index in [1.165, 1.54) is 12.1 Å². The molecule has 0 radical (unpaired) electrons. The van der Waals surface area contributed by atoms with Crippen LogP contribution in [0.15, 0.2) is 52.3 Å². The molecule has 0 atom stereocenters. The highest BCUT2D eigenvalue weighted by atomic mass is 79.9. The van der Waals surface area contributed by atoms with Crippen LogP contribution in [0.2, 0.25) is 0 Å². The van der Waals surface area contributed by atoms with Gasteiger partial charge in [-0.3, -0.25) is 4.79 Å². The second-order valence-electron chi connectivity index (χ2n) is 4.50. The molecule has 3 rings (SSSR count). The summed E-state index contributed by atoms with van der Waals surface area (Å²) in [5.74, 6) is -0.298. The van der Waals surface area contributed by atoms with Crippen molar-refractivity contribution < 1.29 is 9.18 Å². The first-order valence-corrected chi connectivity index (χ1v) is 7.76. The van der Waals surface area contributed by atoms with Crippen LogP contribution in [0, 0.1) is 5.82 Å². The highest BCUT2D eigenvalue weighted by molar-refractivity contribution is 9.10. The molecule has 0 unspecified atom stereocenters. The van der Waals surface area contributed by atoms with Gasteiger partial charge in [-0.2, -0.15) is 0 Å². The Morgan fingerprint density at radius 1 is 1.20 bits per heavy atom. The summed E-state index contributed by atoms with van der Waals surface area (Å²) in [6.07, 6.45) is 0.218. The second-order valence-corrected chi connectivity index (χ2v) is 6.23. The lowest BCUT2D eigenvalue weighted by molar-refractivity contribution is 0.0995. The highest BCUT2D eigenvalue weighted by Gasteiger charge is 2.14. The molecule has 0 saturated carbocycles. The fraction of sp³-hybridized carbons (Fsp3) is 0.0625. The smallest absolute Gasteiger partial charge is 0.168 e. The zero-order valence-corrected chi connectivity index (χ0v) is 12.8. The van der Waals surface area contributed by atoms with Gasteiger partial charge in [0.2, 0.25) is 0 Å². The molecule has 0 spiro atoms. The summed E-state index contributed by atoms with van der Waals surface area (Å²) < 4.78 is 15.2. The molecule has 0 aliphatic rings. The fourth-order valence-electron chi connectivity index (χ4n) is 2.17. The molecule has 1 nitrogen and oxygen atoms in total. The van der Waals surface area contributed by atoms with Crippen LogP contribution in [0.4, 0.5) is 4.39 Å². The number of ketones is 1. The molecular formula is C16H10BrFOS. The standard InChI is InChI=1S/C16H10BrFOS/c17-14-6-2-5-12-13(9-20-16(12)14)15(19)8-10-3-1-4-11(18)7-10/h1-7,9H,8H2. The maximum absolute atomic E-state index is 13.2. The molecule has 0 N–H and O–H groups in total. The van der Waals surface area contributed by atoms with Gasteiger partial charge in [-0.15, -0.1) is 11.3 Å². The highest BCUT2D eigenvalue weighted by Crippen LogP contribution is 2.32. The number of fused-ring (bicyclic) bond motifs is 1. The SMILES string of the molecule is O=C(Cc1cccc(F)c1)c1csc2c(Br)cccc12. The maximum atomic E-state index is 13.2. The molecular weight excluding hydrogens is 339 g/mol. The van der Waals surface area contributed by atoms with Gasteiger partial charge >= 0.3 is 0 Å². The summed E-state index contributed by atoms with van der Waals surface area (Å²) in [4.78, 5) is 12.4. The van der Waals surface area contributed by atoms with E-state index in [0.717, 1.165) is 14.6 Å². The van der Waals surface area contributed by atoms with Crippen molar-refractivity contribution in [2.75, 3.05) is 0 Å². The summed E-state index contributed by atoms with van der Waals surface area (Å²) in [6, 6.07) is 12.0. The number of rotatable bonds is 3. The number of carbonyl (C=O) groups is 1. The van der Waals surface area contributed by atoms with Gasteiger partial charge in [0.1, 0.15) is 5.82 Å². The normalized spacial score (nSPS) is 10.9. The topological polar surface area (TPSA) is 17.1 Å². The van der Waals surface area contributed by atoms with Gasteiger partial charge in [-0.25, -0.2) is 4.39 Å². The first-order chi connectivity index (χ1) is 9.65. The monoisotopic (exact) mass is 348 g/mol. The number of Topliss-reactive ketones (excluding diaryl/α,β-unsaturated/α-hetero) is 1. The van der Waals surface area contributed by atoms with Gasteiger partial charge in [0, 0.05) is 31.9 Å². The van der Waals surface area contributed by atoms with Crippen LogP contribution in [0.5, 0.6) is 0 Å². The van der Waals surface area contributed by atoms with Crippen LogP contribution in [0.3, 0.4) is 0 Å². The minimum absolute atomic E-state index is 0.0138. The molecule has 3 aromatic rings. The van der Waals surface area contributed by atoms with E-state index in [0.29, 0.717) is 11.1 Å². The van der Waals surface area contributed by atoms with Crippen LogP contribution in [-0.4, -0.2) is 5.78 Å². The van der Waals surface area contributed by atoms with Crippen molar-refractivity contribution in [2.24, 2.45) is 0 Å². The largest absolute Gasteiger partial charge is 0.294 e. The molecule has 0 aliphatic heterocycles. The van der Waals surface area contributed by atoms with Crippen LogP contribution >= 0.6 is 27.3 Å². The Bertz CT molecular complexity index is 794. The van der Waals surface area contributed by atoms with E-state index < -0.39 is 0 Å². The molecule has 1 aromatic heterocycles. The Balaban J connectivity index is 1.95. The average molecular weight is 349 g/mol. The first-order valence-electron chi connectivity index (χ1n) is 6.08. The second kappa shape index (κ2) is 5.46. The van der Waals surface area contributed by atoms with E-state index in [-0.39, 0.29) is 18.0 Å². The molecule has 0 bridgehead atoms. The molecule has 1 heterocycles. The van der Waals surface area contributed by atoms with Crippen LogP contribution in [-0.2, 0) is 6.42 Å². The van der Waals surface area contributed by atoms with Gasteiger partial charge in [0.05, 0.1) is 0 Å². The summed E-state index contributed by atoms with van der Waals surface area (Å²) in [6.45, 7) is 0. The molecule has 0 amide bonds. The summed E-state index contributed by atoms with van der Waals surface area (Å²) in [7, 11) is 0.